The smallest absolute Gasteiger partial charge is 0.326 e. The van der Waals surface area contributed by atoms with E-state index in [0.29, 0.717) is 12.8 Å². The predicted molar refractivity (Wildman–Crippen MR) is 77.3 cm³/mol. The predicted octanol–water partition coefficient (Wildman–Crippen LogP) is 1.45. The maximum atomic E-state index is 11.5. The Labute approximate surface area is 122 Å². The van der Waals surface area contributed by atoms with Gasteiger partial charge in [-0.25, -0.2) is 4.79 Å². The van der Waals surface area contributed by atoms with E-state index in [2.05, 4.69) is 5.32 Å². The zero-order valence-corrected chi connectivity index (χ0v) is 11.7. The van der Waals surface area contributed by atoms with E-state index in [1.165, 1.54) is 0 Å². The first-order valence-electron chi connectivity index (χ1n) is 6.14. The largest absolute Gasteiger partial charge is 0.480 e. The summed E-state index contributed by atoms with van der Waals surface area (Å²) in [5.41, 5.74) is 1.03. The maximum absolute atomic E-state index is 11.5. The third-order valence-electron chi connectivity index (χ3n) is 2.60. The fourth-order valence-corrected chi connectivity index (χ4v) is 2.10. The average molecular weight is 292 g/mol. The molecule has 1 aromatic carbocycles. The number of amides is 1. The molecule has 0 bridgehead atoms. The van der Waals surface area contributed by atoms with Crippen LogP contribution < -0.4 is 5.32 Å². The highest BCUT2D eigenvalue weighted by molar-refractivity contribution is 8.00. The summed E-state index contributed by atoms with van der Waals surface area (Å²) in [5, 5.41) is 19.9. The van der Waals surface area contributed by atoms with Crippen molar-refractivity contribution < 1.29 is 14.7 Å². The van der Waals surface area contributed by atoms with Crippen LogP contribution in [-0.2, 0) is 16.0 Å². The molecule has 0 heterocycles. The van der Waals surface area contributed by atoms with Crippen molar-refractivity contribution in [3.05, 3.63) is 35.9 Å². The number of carboxylic acids is 1. The lowest BCUT2D eigenvalue weighted by Crippen LogP contribution is -2.42. The van der Waals surface area contributed by atoms with Crippen molar-refractivity contribution in [1.29, 1.82) is 5.26 Å². The molecule has 0 aliphatic rings. The number of benzene rings is 1. The summed E-state index contributed by atoms with van der Waals surface area (Å²) in [7, 11) is 0. The Morgan fingerprint density at radius 2 is 2.05 bits per heavy atom. The summed E-state index contributed by atoms with van der Waals surface area (Å²) >= 11 is 1.16. The summed E-state index contributed by atoms with van der Waals surface area (Å²) in [6, 6.07) is 10.5. The number of rotatable bonds is 8. The molecule has 1 unspecified atom stereocenters. The van der Waals surface area contributed by atoms with Gasteiger partial charge in [-0.1, -0.05) is 30.3 Å². The van der Waals surface area contributed by atoms with Crippen molar-refractivity contribution in [2.24, 2.45) is 0 Å². The van der Waals surface area contributed by atoms with Crippen molar-refractivity contribution in [1.82, 2.24) is 5.32 Å². The Hall–Kier alpha value is -2.00. The second-order valence-corrected chi connectivity index (χ2v) is 5.12. The molecular formula is C14H16N2O3S. The first kappa shape index (κ1) is 16.1. The van der Waals surface area contributed by atoms with Crippen molar-refractivity contribution >= 4 is 23.6 Å². The number of hydrogen-bond donors (Lipinski definition) is 2. The Morgan fingerprint density at radius 3 is 2.65 bits per heavy atom. The molecule has 0 spiro atoms. The molecule has 20 heavy (non-hydrogen) atoms. The second kappa shape index (κ2) is 8.99. The quantitative estimate of drug-likeness (QED) is 0.708. The molecule has 0 fully saturated rings. The van der Waals surface area contributed by atoms with E-state index in [1.54, 1.807) is 0 Å². The zero-order chi connectivity index (χ0) is 14.8. The molecule has 1 amide bonds. The second-order valence-electron chi connectivity index (χ2n) is 4.13. The van der Waals surface area contributed by atoms with Gasteiger partial charge in [0.1, 0.15) is 6.04 Å². The highest BCUT2D eigenvalue weighted by Gasteiger charge is 2.19. The van der Waals surface area contributed by atoms with Crippen LogP contribution in [0.25, 0.3) is 0 Å². The van der Waals surface area contributed by atoms with Crippen LogP contribution in [0.4, 0.5) is 0 Å². The summed E-state index contributed by atoms with van der Waals surface area (Å²) < 4.78 is 0. The van der Waals surface area contributed by atoms with Gasteiger partial charge in [0, 0.05) is 0 Å². The van der Waals surface area contributed by atoms with Crippen LogP contribution in [0, 0.1) is 11.3 Å². The number of nitrogens with one attached hydrogen (secondary N) is 1. The van der Waals surface area contributed by atoms with Gasteiger partial charge in [-0.05, 0) is 18.4 Å². The van der Waals surface area contributed by atoms with Gasteiger partial charge < -0.3 is 10.4 Å². The van der Waals surface area contributed by atoms with Crippen molar-refractivity contribution in [2.75, 3.05) is 11.5 Å². The molecule has 106 valence electrons. The van der Waals surface area contributed by atoms with E-state index >= 15 is 0 Å². The van der Waals surface area contributed by atoms with Crippen LogP contribution in [0.1, 0.15) is 12.0 Å². The van der Waals surface area contributed by atoms with Gasteiger partial charge in [0.05, 0.1) is 17.6 Å². The SMILES string of the molecule is N#CCSCC(=O)NC(CCc1ccccc1)C(=O)O. The van der Waals surface area contributed by atoms with Gasteiger partial charge in [0.15, 0.2) is 0 Å². The first-order chi connectivity index (χ1) is 9.63. The standard InChI is InChI=1S/C14H16N2O3S/c15-8-9-20-10-13(17)16-12(14(18)19)7-6-11-4-2-1-3-5-11/h1-5,12H,6-7,9-10H2,(H,16,17)(H,18,19). The third kappa shape index (κ3) is 6.25. The number of carbonyl (C=O) groups is 2. The number of carboxylic acid groups (broad SMARTS) is 1. The van der Waals surface area contributed by atoms with Crippen LogP contribution in [0.15, 0.2) is 30.3 Å². The summed E-state index contributed by atoms with van der Waals surface area (Å²) in [6.07, 6.45) is 0.928. The van der Waals surface area contributed by atoms with Crippen LogP contribution in [0.3, 0.4) is 0 Å². The lowest BCUT2D eigenvalue weighted by molar-refractivity contribution is -0.141. The van der Waals surface area contributed by atoms with Gasteiger partial charge >= 0.3 is 5.97 Å². The Kier molecular flexibility index (Phi) is 7.22. The van der Waals surface area contributed by atoms with Gasteiger partial charge in [0.2, 0.25) is 5.91 Å². The van der Waals surface area contributed by atoms with Crippen LogP contribution in [-0.4, -0.2) is 34.5 Å². The number of hydrogen-bond acceptors (Lipinski definition) is 4. The fraction of sp³-hybridized carbons (Fsp3) is 0.357. The van der Waals surface area contributed by atoms with Gasteiger partial charge in [0.25, 0.3) is 0 Å². The van der Waals surface area contributed by atoms with E-state index in [4.69, 9.17) is 10.4 Å². The molecule has 0 saturated carbocycles. The Balaban J connectivity index is 2.43. The molecule has 6 heteroatoms. The van der Waals surface area contributed by atoms with E-state index in [9.17, 15) is 9.59 Å². The Morgan fingerprint density at radius 1 is 1.35 bits per heavy atom. The van der Waals surface area contributed by atoms with E-state index < -0.39 is 12.0 Å². The number of aryl methyl sites for hydroxylation is 1. The summed E-state index contributed by atoms with van der Waals surface area (Å²) in [6.45, 7) is 0. The molecule has 1 atom stereocenters. The van der Waals surface area contributed by atoms with Crippen LogP contribution in [0.5, 0.6) is 0 Å². The molecule has 0 saturated heterocycles. The number of nitriles is 1. The van der Waals surface area contributed by atoms with E-state index in [-0.39, 0.29) is 17.4 Å². The van der Waals surface area contributed by atoms with Crippen molar-refractivity contribution in [2.45, 2.75) is 18.9 Å². The molecule has 2 N–H and O–H groups in total. The minimum atomic E-state index is -1.04. The van der Waals surface area contributed by atoms with E-state index in [0.717, 1.165) is 17.3 Å². The Bertz CT molecular complexity index is 485. The number of thioether (sulfide) groups is 1. The van der Waals surface area contributed by atoms with Crippen molar-refractivity contribution in [3.8, 4) is 6.07 Å². The molecule has 0 aromatic heterocycles. The number of carbonyl (C=O) groups excluding carboxylic acids is 1. The lowest BCUT2D eigenvalue weighted by atomic mass is 10.1. The van der Waals surface area contributed by atoms with Gasteiger partial charge in [-0.2, -0.15) is 5.26 Å². The molecular weight excluding hydrogens is 276 g/mol. The first-order valence-corrected chi connectivity index (χ1v) is 7.29. The molecule has 0 radical (unpaired) electrons. The van der Waals surface area contributed by atoms with Crippen molar-refractivity contribution in [3.63, 3.8) is 0 Å². The lowest BCUT2D eigenvalue weighted by Gasteiger charge is -2.14. The van der Waals surface area contributed by atoms with E-state index in [1.807, 2.05) is 36.4 Å². The fourth-order valence-electron chi connectivity index (χ4n) is 1.64. The topological polar surface area (TPSA) is 90.2 Å². The third-order valence-corrected chi connectivity index (χ3v) is 3.40. The normalized spacial score (nSPS) is 11.3. The monoisotopic (exact) mass is 292 g/mol. The summed E-state index contributed by atoms with van der Waals surface area (Å²) in [5.74, 6) is -1.08. The maximum Gasteiger partial charge on any atom is 0.326 e. The number of aliphatic carboxylic acids is 1. The summed E-state index contributed by atoms with van der Waals surface area (Å²) in [4.78, 5) is 22.7. The minimum absolute atomic E-state index is 0.0999. The average Bonchev–Trinajstić information content (AvgIpc) is 2.44. The molecule has 0 aliphatic carbocycles. The highest BCUT2D eigenvalue weighted by Crippen LogP contribution is 2.06. The molecule has 1 aromatic rings. The number of nitrogens with zero attached hydrogens (tertiary/aromatic N) is 1. The van der Waals surface area contributed by atoms with Gasteiger partial charge in [-0.15, -0.1) is 11.8 Å². The molecule has 1 rings (SSSR count). The van der Waals surface area contributed by atoms with Crippen LogP contribution >= 0.6 is 11.8 Å². The van der Waals surface area contributed by atoms with Crippen LogP contribution in [0.2, 0.25) is 0 Å². The molecule has 5 nitrogen and oxygen atoms in total. The highest BCUT2D eigenvalue weighted by atomic mass is 32.2. The van der Waals surface area contributed by atoms with Gasteiger partial charge in [-0.3, -0.25) is 4.79 Å². The molecule has 0 aliphatic heterocycles. The minimum Gasteiger partial charge on any atom is -0.480 e. The zero-order valence-electron chi connectivity index (χ0n) is 10.9.